The highest BCUT2D eigenvalue weighted by molar-refractivity contribution is 7.15. The van der Waals surface area contributed by atoms with Crippen molar-refractivity contribution < 1.29 is 4.79 Å². The monoisotopic (exact) mass is 490 g/mol. The molecule has 1 unspecified atom stereocenters. The van der Waals surface area contributed by atoms with Gasteiger partial charge < -0.3 is 16.4 Å². The number of nitrogen functional groups attached to an aromatic ring is 1. The first-order valence-corrected chi connectivity index (χ1v) is 12.9. The Labute approximate surface area is 205 Å². The zero-order valence-electron chi connectivity index (χ0n) is 19.1. The molecular weight excluding hydrogens is 464 g/mol. The summed E-state index contributed by atoms with van der Waals surface area (Å²) >= 11 is 1.56. The summed E-state index contributed by atoms with van der Waals surface area (Å²) in [6.45, 7) is 0.407. The summed E-state index contributed by atoms with van der Waals surface area (Å²) in [5.74, 6) is 1.63. The van der Waals surface area contributed by atoms with Crippen LogP contribution < -0.4 is 11.5 Å². The Balaban J connectivity index is 1.28. The molecule has 1 amide bonds. The van der Waals surface area contributed by atoms with Crippen LogP contribution in [-0.2, 0) is 6.54 Å². The van der Waals surface area contributed by atoms with Gasteiger partial charge in [0.2, 0.25) is 5.82 Å². The third-order valence-corrected chi connectivity index (χ3v) is 8.75. The van der Waals surface area contributed by atoms with Crippen LogP contribution in [0.3, 0.4) is 0 Å². The van der Waals surface area contributed by atoms with Gasteiger partial charge in [-0.05, 0) is 44.4 Å². The van der Waals surface area contributed by atoms with E-state index in [1.54, 1.807) is 15.9 Å². The van der Waals surface area contributed by atoms with Crippen molar-refractivity contribution in [1.29, 1.82) is 0 Å². The molecule has 3 atom stereocenters. The molecule has 2 aliphatic heterocycles. The minimum Gasteiger partial charge on any atom is -0.383 e. The van der Waals surface area contributed by atoms with E-state index in [2.05, 4.69) is 25.3 Å². The number of piperidine rings is 1. The number of carbonyl (C=O) groups excluding carboxylic acids is 1. The second-order valence-electron chi connectivity index (χ2n) is 9.79. The SMILES string of the molecule is NCc1ncc(-c2cnn3c(N)c(C4CC4)c(C4C[C@H]5CC[C@@H](C4)N5C(=O)c4ncn[nH]4)nc23)s1. The molecule has 1 saturated carbocycles. The quantitative estimate of drug-likeness (QED) is 0.385. The molecule has 180 valence electrons. The number of nitrogens with two attached hydrogens (primary N) is 2. The summed E-state index contributed by atoms with van der Waals surface area (Å²) in [4.78, 5) is 29.9. The van der Waals surface area contributed by atoms with E-state index in [4.69, 9.17) is 16.5 Å². The number of fused-ring (bicyclic) bond motifs is 3. The minimum atomic E-state index is -0.0576. The second kappa shape index (κ2) is 7.82. The molecule has 4 aromatic rings. The van der Waals surface area contributed by atoms with Crippen LogP contribution in [0.4, 0.5) is 5.82 Å². The van der Waals surface area contributed by atoms with Crippen LogP contribution in [-0.4, -0.2) is 57.7 Å². The van der Waals surface area contributed by atoms with Crippen molar-refractivity contribution in [3.8, 4) is 10.4 Å². The Morgan fingerprint density at radius 1 is 1.11 bits per heavy atom. The molecule has 5 N–H and O–H groups in total. The Morgan fingerprint density at radius 3 is 2.57 bits per heavy atom. The van der Waals surface area contributed by atoms with Crippen LogP contribution in [0.15, 0.2) is 18.7 Å². The number of nitrogens with zero attached hydrogens (tertiary/aromatic N) is 7. The van der Waals surface area contributed by atoms with Gasteiger partial charge in [0.25, 0.3) is 5.91 Å². The number of anilines is 1. The van der Waals surface area contributed by atoms with Gasteiger partial charge in [-0.1, -0.05) is 0 Å². The zero-order chi connectivity index (χ0) is 23.7. The topological polar surface area (TPSA) is 157 Å². The summed E-state index contributed by atoms with van der Waals surface area (Å²) < 4.78 is 1.78. The summed E-state index contributed by atoms with van der Waals surface area (Å²) in [5.41, 5.74) is 16.5. The van der Waals surface area contributed by atoms with E-state index in [9.17, 15) is 4.79 Å². The molecular formula is C23H26N10OS. The van der Waals surface area contributed by atoms with Crippen LogP contribution in [0.5, 0.6) is 0 Å². The molecule has 12 heteroatoms. The Bertz CT molecular complexity index is 1410. The number of hydrogen-bond donors (Lipinski definition) is 3. The van der Waals surface area contributed by atoms with Gasteiger partial charge >= 0.3 is 0 Å². The maximum Gasteiger partial charge on any atom is 0.291 e. The molecule has 2 bridgehead atoms. The van der Waals surface area contributed by atoms with Crippen molar-refractivity contribution in [3.63, 3.8) is 0 Å². The van der Waals surface area contributed by atoms with E-state index < -0.39 is 0 Å². The standard InChI is InChI=1S/C23H26N10OS/c24-7-17-26-9-16(35-17)15-8-29-33-20(25)18(11-1-2-11)19(30-22(15)33)12-5-13-3-4-14(6-12)32(13)23(34)21-27-10-28-31-21/h8-14H,1-7,24-25H2,(H,27,28,31)/t12?,13-,14+. The highest BCUT2D eigenvalue weighted by Crippen LogP contribution is 2.50. The van der Waals surface area contributed by atoms with Gasteiger partial charge in [0, 0.05) is 36.3 Å². The Morgan fingerprint density at radius 2 is 1.91 bits per heavy atom. The fraction of sp³-hybridized carbons (Fsp3) is 0.478. The first-order valence-electron chi connectivity index (χ1n) is 12.1. The molecule has 0 radical (unpaired) electrons. The predicted octanol–water partition coefficient (Wildman–Crippen LogP) is 2.44. The van der Waals surface area contributed by atoms with Crippen molar-refractivity contribution in [2.45, 2.75) is 69.0 Å². The van der Waals surface area contributed by atoms with E-state index in [-0.39, 0.29) is 23.9 Å². The van der Waals surface area contributed by atoms with Gasteiger partial charge in [-0.15, -0.1) is 11.3 Å². The van der Waals surface area contributed by atoms with Gasteiger partial charge in [0.05, 0.1) is 22.3 Å². The lowest BCUT2D eigenvalue weighted by molar-refractivity contribution is 0.0557. The van der Waals surface area contributed by atoms with Gasteiger partial charge in [0.15, 0.2) is 5.65 Å². The van der Waals surface area contributed by atoms with Crippen LogP contribution >= 0.6 is 11.3 Å². The van der Waals surface area contributed by atoms with Gasteiger partial charge in [-0.2, -0.15) is 14.7 Å². The third-order valence-electron chi connectivity index (χ3n) is 7.70. The van der Waals surface area contributed by atoms with Gasteiger partial charge in [-0.3, -0.25) is 9.89 Å². The molecule has 3 aliphatic rings. The number of carbonyl (C=O) groups is 1. The summed E-state index contributed by atoms with van der Waals surface area (Å²) in [6, 6.07) is 0.335. The third kappa shape index (κ3) is 3.27. The molecule has 1 aliphatic carbocycles. The number of amides is 1. The van der Waals surface area contributed by atoms with Crippen LogP contribution in [0.25, 0.3) is 16.1 Å². The molecule has 6 heterocycles. The number of nitrogens with one attached hydrogen (secondary N) is 1. The largest absolute Gasteiger partial charge is 0.383 e. The molecule has 0 aromatic carbocycles. The highest BCUT2D eigenvalue weighted by atomic mass is 32.1. The smallest absolute Gasteiger partial charge is 0.291 e. The van der Waals surface area contributed by atoms with Crippen LogP contribution in [0.1, 0.15) is 77.2 Å². The Kier molecular flexibility index (Phi) is 4.68. The highest BCUT2D eigenvalue weighted by Gasteiger charge is 2.46. The van der Waals surface area contributed by atoms with Crippen LogP contribution in [0.2, 0.25) is 0 Å². The first kappa shape index (κ1) is 20.9. The maximum absolute atomic E-state index is 13.1. The lowest BCUT2D eigenvalue weighted by Gasteiger charge is -2.39. The summed E-state index contributed by atoms with van der Waals surface area (Å²) in [7, 11) is 0. The van der Waals surface area contributed by atoms with E-state index in [1.807, 2.05) is 17.3 Å². The number of aromatic amines is 1. The summed E-state index contributed by atoms with van der Waals surface area (Å²) in [5, 5.41) is 12.1. The molecule has 11 nitrogen and oxygen atoms in total. The van der Waals surface area contributed by atoms with Crippen molar-refractivity contribution in [1.82, 2.24) is 39.7 Å². The molecule has 2 saturated heterocycles. The van der Waals surface area contributed by atoms with Crippen molar-refractivity contribution in [2.24, 2.45) is 5.73 Å². The number of hydrogen-bond acceptors (Lipinski definition) is 9. The van der Waals surface area contributed by atoms with E-state index in [1.165, 1.54) is 6.33 Å². The lowest BCUT2D eigenvalue weighted by atomic mass is 9.85. The average molecular weight is 491 g/mol. The van der Waals surface area contributed by atoms with Crippen molar-refractivity contribution in [3.05, 3.63) is 40.8 Å². The second-order valence-corrected chi connectivity index (χ2v) is 10.9. The van der Waals surface area contributed by atoms with E-state index in [0.717, 1.165) is 70.9 Å². The lowest BCUT2D eigenvalue weighted by Crippen LogP contribution is -2.46. The van der Waals surface area contributed by atoms with Gasteiger partial charge in [0.1, 0.15) is 17.2 Å². The molecule has 7 rings (SSSR count). The number of H-pyrrole nitrogens is 1. The number of rotatable bonds is 5. The molecule has 4 aromatic heterocycles. The average Bonchev–Trinajstić information content (AvgIpc) is 3.26. The Hall–Kier alpha value is -3.38. The van der Waals surface area contributed by atoms with Crippen molar-refractivity contribution >= 4 is 28.7 Å². The number of thiazole rings is 1. The van der Waals surface area contributed by atoms with Crippen molar-refractivity contribution in [2.75, 3.05) is 5.73 Å². The number of aromatic nitrogens is 7. The molecule has 0 spiro atoms. The predicted molar refractivity (Wildman–Crippen MR) is 130 cm³/mol. The van der Waals surface area contributed by atoms with Gasteiger partial charge in [-0.25, -0.2) is 15.0 Å². The fourth-order valence-corrected chi connectivity index (χ4v) is 6.81. The summed E-state index contributed by atoms with van der Waals surface area (Å²) in [6.07, 6.45) is 11.1. The molecule has 3 fully saturated rings. The maximum atomic E-state index is 13.1. The minimum absolute atomic E-state index is 0.0576. The normalized spacial score (nSPS) is 23.9. The van der Waals surface area contributed by atoms with E-state index >= 15 is 0 Å². The molecule has 35 heavy (non-hydrogen) atoms. The van der Waals surface area contributed by atoms with Crippen LogP contribution in [0, 0.1) is 0 Å². The first-order chi connectivity index (χ1) is 17.1. The zero-order valence-corrected chi connectivity index (χ0v) is 19.9. The fourth-order valence-electron chi connectivity index (χ4n) is 6.01. The van der Waals surface area contributed by atoms with E-state index in [0.29, 0.717) is 24.1 Å².